The number of para-hydroxylation sites is 2. The molecule has 2 aromatic rings. The number of pyridine rings is 1. The van der Waals surface area contributed by atoms with Crippen LogP contribution in [0.5, 0.6) is 0 Å². The maximum atomic E-state index is 12.6. The van der Waals surface area contributed by atoms with Crippen molar-refractivity contribution in [3.63, 3.8) is 0 Å². The molecular weight excluding hydrogens is 404 g/mol. The van der Waals surface area contributed by atoms with E-state index in [-0.39, 0.29) is 11.8 Å². The van der Waals surface area contributed by atoms with Crippen LogP contribution in [0.2, 0.25) is 0 Å². The molecule has 0 spiro atoms. The average Bonchev–Trinajstić information content (AvgIpc) is 2.85. The molecule has 2 heterocycles. The number of ether oxygens (including phenoxy) is 1. The summed E-state index contributed by atoms with van der Waals surface area (Å²) in [7, 11) is 0. The summed E-state index contributed by atoms with van der Waals surface area (Å²) in [5.74, 6) is 0.440. The van der Waals surface area contributed by atoms with Gasteiger partial charge in [-0.1, -0.05) is 31.4 Å². The summed E-state index contributed by atoms with van der Waals surface area (Å²) in [5.41, 5.74) is 2.36. The van der Waals surface area contributed by atoms with Crippen molar-refractivity contribution in [1.82, 2.24) is 4.98 Å². The van der Waals surface area contributed by atoms with Crippen LogP contribution >= 0.6 is 0 Å². The summed E-state index contributed by atoms with van der Waals surface area (Å²) in [4.78, 5) is 31.4. The molecule has 2 fully saturated rings. The lowest BCUT2D eigenvalue weighted by molar-refractivity contribution is -0.120. The molecule has 1 aromatic heterocycles. The molecule has 2 amide bonds. The average molecular weight is 437 g/mol. The monoisotopic (exact) mass is 436 g/mol. The third-order valence-electron chi connectivity index (χ3n) is 6.49. The summed E-state index contributed by atoms with van der Waals surface area (Å²) in [5, 5.41) is 5.79. The number of piperidine rings is 1. The van der Waals surface area contributed by atoms with Crippen LogP contribution in [0.1, 0.15) is 44.9 Å². The fourth-order valence-electron chi connectivity index (χ4n) is 4.55. The third-order valence-corrected chi connectivity index (χ3v) is 6.49. The van der Waals surface area contributed by atoms with Crippen molar-refractivity contribution in [3.8, 4) is 0 Å². The van der Waals surface area contributed by atoms with E-state index in [1.807, 2.05) is 42.7 Å². The Bertz CT molecular complexity index is 891. The summed E-state index contributed by atoms with van der Waals surface area (Å²) >= 11 is 0. The molecule has 1 saturated carbocycles. The largest absolute Gasteiger partial charge is 0.449 e. The predicted octanol–water partition coefficient (Wildman–Crippen LogP) is 5.07. The zero-order valence-electron chi connectivity index (χ0n) is 18.5. The highest BCUT2D eigenvalue weighted by molar-refractivity contribution is 5.98. The molecule has 4 rings (SSSR count). The van der Waals surface area contributed by atoms with Gasteiger partial charge in [-0.15, -0.1) is 0 Å². The fraction of sp³-hybridized carbons (Fsp3) is 0.480. The van der Waals surface area contributed by atoms with Gasteiger partial charge in [0.05, 0.1) is 18.0 Å². The number of carbonyl (C=O) groups is 2. The summed E-state index contributed by atoms with van der Waals surface area (Å²) in [6, 6.07) is 11.3. The SMILES string of the molecule is O=C(Nc1ccccc1NC(=O)C1CCCCC1)OCC1CCN(c2ccncc2)CC1. The Balaban J connectivity index is 1.24. The fourth-order valence-corrected chi connectivity index (χ4v) is 4.55. The van der Waals surface area contributed by atoms with E-state index >= 15 is 0 Å². The quantitative estimate of drug-likeness (QED) is 0.661. The molecule has 170 valence electrons. The Kier molecular flexibility index (Phi) is 7.59. The normalized spacial score (nSPS) is 17.6. The molecule has 1 aromatic carbocycles. The maximum absolute atomic E-state index is 12.6. The third kappa shape index (κ3) is 5.99. The summed E-state index contributed by atoms with van der Waals surface area (Å²) in [6.45, 7) is 2.28. The molecule has 2 aliphatic rings. The van der Waals surface area contributed by atoms with Gasteiger partial charge in [0.2, 0.25) is 5.91 Å². The molecule has 0 radical (unpaired) electrons. The van der Waals surface area contributed by atoms with Gasteiger partial charge in [0.25, 0.3) is 0 Å². The van der Waals surface area contributed by atoms with Crippen LogP contribution < -0.4 is 15.5 Å². The van der Waals surface area contributed by atoms with Crippen LogP contribution in [0, 0.1) is 11.8 Å². The van der Waals surface area contributed by atoms with E-state index in [1.54, 1.807) is 6.07 Å². The molecular formula is C25H32N4O3. The number of hydrogen-bond acceptors (Lipinski definition) is 5. The molecule has 2 N–H and O–H groups in total. The van der Waals surface area contributed by atoms with Crippen molar-refractivity contribution >= 4 is 29.1 Å². The highest BCUT2D eigenvalue weighted by Gasteiger charge is 2.23. The standard InChI is InChI=1S/C25H32N4O3/c30-24(20-6-2-1-3-7-20)27-22-8-4-5-9-23(22)28-25(31)32-18-19-12-16-29(17-13-19)21-10-14-26-15-11-21/h4-5,8-11,14-15,19-20H,1-3,6-7,12-13,16-18H2,(H,27,30)(H,28,31). The minimum absolute atomic E-state index is 0.0354. The second kappa shape index (κ2) is 11.0. The van der Waals surface area contributed by atoms with E-state index in [2.05, 4.69) is 20.5 Å². The lowest BCUT2D eigenvalue weighted by atomic mass is 9.88. The van der Waals surface area contributed by atoms with E-state index in [0.717, 1.165) is 51.6 Å². The van der Waals surface area contributed by atoms with Crippen LogP contribution in [0.4, 0.5) is 21.9 Å². The Labute approximate surface area is 189 Å². The zero-order valence-corrected chi connectivity index (χ0v) is 18.5. The van der Waals surface area contributed by atoms with Gasteiger partial charge in [0.15, 0.2) is 0 Å². The van der Waals surface area contributed by atoms with Crippen molar-refractivity contribution in [1.29, 1.82) is 0 Å². The molecule has 1 aliphatic heterocycles. The van der Waals surface area contributed by atoms with Crippen molar-refractivity contribution < 1.29 is 14.3 Å². The van der Waals surface area contributed by atoms with Crippen LogP contribution in [0.25, 0.3) is 0 Å². The number of amides is 2. The number of carbonyl (C=O) groups excluding carboxylic acids is 2. The van der Waals surface area contributed by atoms with Crippen molar-refractivity contribution in [2.45, 2.75) is 44.9 Å². The van der Waals surface area contributed by atoms with Crippen LogP contribution in [-0.2, 0) is 9.53 Å². The number of hydrogen-bond donors (Lipinski definition) is 2. The van der Waals surface area contributed by atoms with E-state index in [9.17, 15) is 9.59 Å². The Hall–Kier alpha value is -3.09. The van der Waals surface area contributed by atoms with Gasteiger partial charge in [0, 0.05) is 37.1 Å². The van der Waals surface area contributed by atoms with Gasteiger partial charge >= 0.3 is 6.09 Å². The first-order chi connectivity index (χ1) is 15.7. The summed E-state index contributed by atoms with van der Waals surface area (Å²) < 4.78 is 5.51. The van der Waals surface area contributed by atoms with E-state index < -0.39 is 6.09 Å². The first-order valence-corrected chi connectivity index (χ1v) is 11.7. The van der Waals surface area contributed by atoms with E-state index in [1.165, 1.54) is 12.1 Å². The number of rotatable bonds is 6. The van der Waals surface area contributed by atoms with Crippen molar-refractivity contribution in [2.75, 3.05) is 35.2 Å². The molecule has 1 saturated heterocycles. The lowest BCUT2D eigenvalue weighted by Gasteiger charge is -2.33. The number of nitrogens with zero attached hydrogens (tertiary/aromatic N) is 2. The number of nitrogens with one attached hydrogen (secondary N) is 2. The molecule has 0 atom stereocenters. The number of anilines is 3. The van der Waals surface area contributed by atoms with Crippen molar-refractivity contribution in [3.05, 3.63) is 48.8 Å². The second-order valence-corrected chi connectivity index (χ2v) is 8.73. The van der Waals surface area contributed by atoms with E-state index in [4.69, 9.17) is 4.74 Å². The predicted molar refractivity (Wildman–Crippen MR) is 126 cm³/mol. The summed E-state index contributed by atoms with van der Waals surface area (Å²) in [6.07, 6.45) is 10.4. The van der Waals surface area contributed by atoms with Crippen LogP contribution in [0.3, 0.4) is 0 Å². The van der Waals surface area contributed by atoms with Gasteiger partial charge in [-0.25, -0.2) is 4.79 Å². The highest BCUT2D eigenvalue weighted by atomic mass is 16.5. The minimum Gasteiger partial charge on any atom is -0.449 e. The molecule has 32 heavy (non-hydrogen) atoms. The van der Waals surface area contributed by atoms with Gasteiger partial charge in [-0.05, 0) is 55.9 Å². The number of benzene rings is 1. The molecule has 1 aliphatic carbocycles. The van der Waals surface area contributed by atoms with Crippen LogP contribution in [-0.4, -0.2) is 36.7 Å². The Morgan fingerprint density at radius 1 is 0.906 bits per heavy atom. The first-order valence-electron chi connectivity index (χ1n) is 11.7. The van der Waals surface area contributed by atoms with Gasteiger partial charge in [0.1, 0.15) is 0 Å². The van der Waals surface area contributed by atoms with Gasteiger partial charge in [-0.3, -0.25) is 15.1 Å². The topological polar surface area (TPSA) is 83.6 Å². The Morgan fingerprint density at radius 2 is 1.56 bits per heavy atom. The lowest BCUT2D eigenvalue weighted by Crippen LogP contribution is -2.35. The zero-order chi connectivity index (χ0) is 22.2. The van der Waals surface area contributed by atoms with Crippen LogP contribution in [0.15, 0.2) is 48.8 Å². The molecule has 7 nitrogen and oxygen atoms in total. The molecule has 0 bridgehead atoms. The maximum Gasteiger partial charge on any atom is 0.411 e. The molecule has 7 heteroatoms. The van der Waals surface area contributed by atoms with E-state index in [0.29, 0.717) is 23.9 Å². The van der Waals surface area contributed by atoms with Gasteiger partial charge in [-0.2, -0.15) is 0 Å². The highest BCUT2D eigenvalue weighted by Crippen LogP contribution is 2.28. The van der Waals surface area contributed by atoms with Crippen molar-refractivity contribution in [2.24, 2.45) is 11.8 Å². The smallest absolute Gasteiger partial charge is 0.411 e. The molecule has 0 unspecified atom stereocenters. The number of aromatic nitrogens is 1. The Morgan fingerprint density at radius 3 is 2.25 bits per heavy atom. The first kappa shape index (κ1) is 22.1. The minimum atomic E-state index is -0.485. The second-order valence-electron chi connectivity index (χ2n) is 8.73. The van der Waals surface area contributed by atoms with Gasteiger partial charge < -0.3 is 15.0 Å².